The predicted molar refractivity (Wildman–Crippen MR) is 117 cm³/mol. The van der Waals surface area contributed by atoms with Gasteiger partial charge in [-0.2, -0.15) is 0 Å². The van der Waals surface area contributed by atoms with Crippen molar-refractivity contribution >= 4 is 45.9 Å². The molecule has 1 aliphatic heterocycles. The van der Waals surface area contributed by atoms with E-state index in [1.165, 1.54) is 23.5 Å². The van der Waals surface area contributed by atoms with Crippen LogP contribution in [0.2, 0.25) is 0 Å². The van der Waals surface area contributed by atoms with Crippen LogP contribution in [-0.4, -0.2) is 57.2 Å². The Labute approximate surface area is 180 Å². The Morgan fingerprint density at radius 1 is 1.13 bits per heavy atom. The minimum Gasteiger partial charge on any atom is -0.478 e. The number of nitrogens with two attached hydrogens (primary N) is 1. The Bertz CT molecular complexity index is 1270. The van der Waals surface area contributed by atoms with Crippen LogP contribution in [0.3, 0.4) is 0 Å². The van der Waals surface area contributed by atoms with Gasteiger partial charge in [-0.1, -0.05) is 6.07 Å². The third-order valence-corrected chi connectivity index (χ3v) is 6.08. The zero-order valence-corrected chi connectivity index (χ0v) is 17.1. The van der Waals surface area contributed by atoms with E-state index in [4.69, 9.17) is 10.8 Å². The van der Waals surface area contributed by atoms with E-state index in [9.17, 15) is 9.18 Å². The van der Waals surface area contributed by atoms with Crippen molar-refractivity contribution in [3.05, 3.63) is 47.1 Å². The smallest absolute Gasteiger partial charge is 0.335 e. The SMILES string of the molecule is Nc1nc(-c2cccs2)nc2[nH]c(N3CCN(c4ccc(C(=O)O)cc4F)CC3)nc12. The number of carboxylic acid groups (broad SMARTS) is 1. The highest BCUT2D eigenvalue weighted by atomic mass is 32.1. The summed E-state index contributed by atoms with van der Waals surface area (Å²) in [5.41, 5.74) is 7.54. The van der Waals surface area contributed by atoms with Crippen molar-refractivity contribution in [2.75, 3.05) is 41.7 Å². The van der Waals surface area contributed by atoms with Crippen LogP contribution in [0.4, 0.5) is 21.8 Å². The molecule has 0 radical (unpaired) electrons. The lowest BCUT2D eigenvalue weighted by Gasteiger charge is -2.36. The zero-order valence-electron chi connectivity index (χ0n) is 16.2. The maximum absolute atomic E-state index is 14.4. The first-order valence-electron chi connectivity index (χ1n) is 9.59. The topological polar surface area (TPSA) is 124 Å². The number of rotatable bonds is 4. The van der Waals surface area contributed by atoms with Crippen LogP contribution in [0.15, 0.2) is 35.7 Å². The first-order valence-corrected chi connectivity index (χ1v) is 10.5. The molecule has 1 aliphatic rings. The van der Waals surface area contributed by atoms with Crippen LogP contribution in [0, 0.1) is 5.82 Å². The van der Waals surface area contributed by atoms with Gasteiger partial charge in [0.2, 0.25) is 5.95 Å². The summed E-state index contributed by atoms with van der Waals surface area (Å²) < 4.78 is 14.4. The average Bonchev–Trinajstić information content (AvgIpc) is 3.44. The van der Waals surface area contributed by atoms with E-state index >= 15 is 0 Å². The van der Waals surface area contributed by atoms with Crippen molar-refractivity contribution in [1.82, 2.24) is 19.9 Å². The highest BCUT2D eigenvalue weighted by Crippen LogP contribution is 2.28. The highest BCUT2D eigenvalue weighted by molar-refractivity contribution is 7.13. The van der Waals surface area contributed by atoms with Crippen molar-refractivity contribution in [3.63, 3.8) is 0 Å². The number of piperazine rings is 1. The molecule has 1 aromatic carbocycles. The van der Waals surface area contributed by atoms with Gasteiger partial charge >= 0.3 is 5.97 Å². The Balaban J connectivity index is 1.35. The molecule has 4 aromatic rings. The van der Waals surface area contributed by atoms with Gasteiger partial charge in [0, 0.05) is 26.2 Å². The lowest BCUT2D eigenvalue weighted by atomic mass is 10.1. The monoisotopic (exact) mass is 439 g/mol. The molecule has 3 aromatic heterocycles. The molecule has 0 saturated carbocycles. The second-order valence-electron chi connectivity index (χ2n) is 7.11. The molecule has 0 aliphatic carbocycles. The van der Waals surface area contributed by atoms with Crippen LogP contribution < -0.4 is 15.5 Å². The third kappa shape index (κ3) is 3.52. The first kappa shape index (κ1) is 19.2. The minimum absolute atomic E-state index is 0.0669. The Kier molecular flexibility index (Phi) is 4.66. The lowest BCUT2D eigenvalue weighted by molar-refractivity contribution is 0.0696. The zero-order chi connectivity index (χ0) is 21.5. The van der Waals surface area contributed by atoms with Crippen molar-refractivity contribution in [1.29, 1.82) is 0 Å². The van der Waals surface area contributed by atoms with Gasteiger partial charge in [-0.05, 0) is 29.6 Å². The number of imidazole rings is 1. The van der Waals surface area contributed by atoms with Gasteiger partial charge in [0.05, 0.1) is 16.1 Å². The van der Waals surface area contributed by atoms with Crippen LogP contribution in [0.5, 0.6) is 0 Å². The van der Waals surface area contributed by atoms with E-state index < -0.39 is 11.8 Å². The predicted octanol–water partition coefficient (Wildman–Crippen LogP) is 2.83. The fraction of sp³-hybridized carbons (Fsp3) is 0.200. The number of benzene rings is 1. The van der Waals surface area contributed by atoms with E-state index in [0.717, 1.165) is 10.9 Å². The summed E-state index contributed by atoms with van der Waals surface area (Å²) in [7, 11) is 0. The molecule has 4 N–H and O–H groups in total. The number of H-pyrrole nitrogens is 1. The van der Waals surface area contributed by atoms with Crippen LogP contribution in [-0.2, 0) is 0 Å². The molecule has 4 heterocycles. The molecular formula is C20H18FN7O2S. The summed E-state index contributed by atoms with van der Waals surface area (Å²) in [6.45, 7) is 2.32. The number of thiophene rings is 1. The number of aromatic nitrogens is 4. The summed E-state index contributed by atoms with van der Waals surface area (Å²) in [5.74, 6) is -0.179. The number of halogens is 1. The summed E-state index contributed by atoms with van der Waals surface area (Å²) >= 11 is 1.54. The number of nitrogen functional groups attached to an aromatic ring is 1. The van der Waals surface area contributed by atoms with Gasteiger partial charge in [-0.25, -0.2) is 24.1 Å². The van der Waals surface area contributed by atoms with E-state index in [1.54, 1.807) is 0 Å². The van der Waals surface area contributed by atoms with E-state index in [0.29, 0.717) is 60.6 Å². The second kappa shape index (κ2) is 7.51. The third-order valence-electron chi connectivity index (χ3n) is 5.21. The number of hydrogen-bond acceptors (Lipinski definition) is 8. The summed E-state index contributed by atoms with van der Waals surface area (Å²) in [4.78, 5) is 32.6. The molecule has 31 heavy (non-hydrogen) atoms. The van der Waals surface area contributed by atoms with Crippen LogP contribution in [0.25, 0.3) is 21.9 Å². The number of fused-ring (bicyclic) bond motifs is 1. The molecule has 1 saturated heterocycles. The Morgan fingerprint density at radius 3 is 2.58 bits per heavy atom. The fourth-order valence-electron chi connectivity index (χ4n) is 3.63. The van der Waals surface area contributed by atoms with E-state index in [2.05, 4.69) is 19.9 Å². The molecule has 5 rings (SSSR count). The number of anilines is 3. The molecule has 0 spiro atoms. The van der Waals surface area contributed by atoms with Crippen molar-refractivity contribution < 1.29 is 14.3 Å². The lowest BCUT2D eigenvalue weighted by Crippen LogP contribution is -2.47. The number of nitrogens with one attached hydrogen (secondary N) is 1. The van der Waals surface area contributed by atoms with Gasteiger partial charge < -0.3 is 25.6 Å². The van der Waals surface area contributed by atoms with Gasteiger partial charge in [0.1, 0.15) is 5.82 Å². The van der Waals surface area contributed by atoms with Crippen molar-refractivity contribution in [2.24, 2.45) is 0 Å². The molecule has 158 valence electrons. The van der Waals surface area contributed by atoms with Crippen LogP contribution in [0.1, 0.15) is 10.4 Å². The Hall–Kier alpha value is -3.73. The number of carbonyl (C=O) groups is 1. The van der Waals surface area contributed by atoms with E-state index in [1.807, 2.05) is 27.3 Å². The second-order valence-corrected chi connectivity index (χ2v) is 8.06. The number of aromatic carboxylic acids is 1. The molecule has 0 bridgehead atoms. The Morgan fingerprint density at radius 2 is 1.90 bits per heavy atom. The van der Waals surface area contributed by atoms with Gasteiger partial charge in [0.15, 0.2) is 22.8 Å². The quantitative estimate of drug-likeness (QED) is 0.443. The molecule has 11 heteroatoms. The number of carboxylic acids is 1. The largest absolute Gasteiger partial charge is 0.478 e. The normalized spacial score (nSPS) is 14.4. The summed E-state index contributed by atoms with van der Waals surface area (Å²) in [5, 5.41) is 11.0. The number of aromatic amines is 1. The molecule has 0 amide bonds. The van der Waals surface area contributed by atoms with E-state index in [-0.39, 0.29) is 5.56 Å². The minimum atomic E-state index is -1.15. The fourth-order valence-corrected chi connectivity index (χ4v) is 4.29. The van der Waals surface area contributed by atoms with Gasteiger partial charge in [-0.15, -0.1) is 11.3 Å². The molecular weight excluding hydrogens is 421 g/mol. The molecule has 9 nitrogen and oxygen atoms in total. The van der Waals surface area contributed by atoms with Gasteiger partial charge in [0.25, 0.3) is 0 Å². The first-order chi connectivity index (χ1) is 15.0. The standard InChI is InChI=1S/C20H18FN7O2S/c21-12-10-11(19(29)30)3-4-13(12)27-5-7-28(8-6-27)20-23-15-16(22)24-17(25-18(15)26-20)14-2-1-9-31-14/h1-4,9-10H,5-8H2,(H,29,30)(H3,22,23,24,25,26). The molecule has 1 fully saturated rings. The van der Waals surface area contributed by atoms with Crippen molar-refractivity contribution in [3.8, 4) is 10.7 Å². The molecule has 0 unspecified atom stereocenters. The van der Waals surface area contributed by atoms with Crippen LogP contribution >= 0.6 is 11.3 Å². The molecule has 0 atom stereocenters. The number of nitrogens with zero attached hydrogens (tertiary/aromatic N) is 5. The van der Waals surface area contributed by atoms with Gasteiger partial charge in [-0.3, -0.25) is 0 Å². The highest BCUT2D eigenvalue weighted by Gasteiger charge is 2.23. The number of hydrogen-bond donors (Lipinski definition) is 3. The summed E-state index contributed by atoms with van der Waals surface area (Å²) in [6, 6.07) is 7.84. The maximum atomic E-state index is 14.4. The maximum Gasteiger partial charge on any atom is 0.335 e. The van der Waals surface area contributed by atoms with Crippen molar-refractivity contribution in [2.45, 2.75) is 0 Å². The summed E-state index contributed by atoms with van der Waals surface area (Å²) in [6.07, 6.45) is 0. The average molecular weight is 439 g/mol.